The Morgan fingerprint density at radius 1 is 1.50 bits per heavy atom. The summed E-state index contributed by atoms with van der Waals surface area (Å²) < 4.78 is 0. The molecule has 3 N–H and O–H groups in total. The molecule has 1 rings (SSSR count). The molecule has 4 nitrogen and oxygen atoms in total. The molecule has 0 heterocycles. The highest BCUT2D eigenvalue weighted by atomic mass is 15.2. The maximum atomic E-state index is 8.84. The molecule has 80 valence electrons. The fourth-order valence-electron chi connectivity index (χ4n) is 2.25. The molecular weight excluding hydrogens is 176 g/mol. The van der Waals surface area contributed by atoms with Gasteiger partial charge in [-0.2, -0.15) is 5.26 Å². The lowest BCUT2D eigenvalue weighted by Crippen LogP contribution is -2.50. The molecule has 0 aliphatic heterocycles. The van der Waals surface area contributed by atoms with Crippen LogP contribution in [0.3, 0.4) is 0 Å². The zero-order valence-electron chi connectivity index (χ0n) is 9.08. The largest absolute Gasteiger partial charge is 0.303 e. The maximum absolute atomic E-state index is 8.84. The summed E-state index contributed by atoms with van der Waals surface area (Å²) in [5.41, 5.74) is 2.91. The van der Waals surface area contributed by atoms with Crippen LogP contribution in [0.15, 0.2) is 0 Å². The van der Waals surface area contributed by atoms with E-state index in [2.05, 4.69) is 30.5 Å². The van der Waals surface area contributed by atoms with Gasteiger partial charge in [-0.05, 0) is 39.8 Å². The van der Waals surface area contributed by atoms with Crippen molar-refractivity contribution in [2.45, 2.75) is 43.7 Å². The third-order valence-electron chi connectivity index (χ3n) is 3.51. The lowest BCUT2D eigenvalue weighted by atomic mass is 9.77. The second kappa shape index (κ2) is 4.74. The van der Waals surface area contributed by atoms with Gasteiger partial charge < -0.3 is 4.90 Å². The van der Waals surface area contributed by atoms with Gasteiger partial charge in [0.25, 0.3) is 0 Å². The van der Waals surface area contributed by atoms with E-state index < -0.39 is 0 Å². The van der Waals surface area contributed by atoms with Gasteiger partial charge >= 0.3 is 0 Å². The summed E-state index contributed by atoms with van der Waals surface area (Å²) in [4.78, 5) is 2.20. The third-order valence-corrected chi connectivity index (χ3v) is 3.51. The van der Waals surface area contributed by atoms with Crippen molar-refractivity contribution in [3.05, 3.63) is 0 Å². The molecule has 14 heavy (non-hydrogen) atoms. The highest BCUT2D eigenvalue weighted by Gasteiger charge is 2.36. The van der Waals surface area contributed by atoms with Gasteiger partial charge in [0.1, 0.15) is 0 Å². The molecule has 0 aromatic rings. The Labute approximate surface area is 86.0 Å². The molecule has 0 spiro atoms. The molecule has 0 bridgehead atoms. The zero-order valence-corrected chi connectivity index (χ0v) is 9.08. The zero-order chi connectivity index (χ0) is 10.6. The average molecular weight is 196 g/mol. The van der Waals surface area contributed by atoms with Gasteiger partial charge in [-0.1, -0.05) is 0 Å². The first-order valence-corrected chi connectivity index (χ1v) is 5.15. The van der Waals surface area contributed by atoms with Crippen molar-refractivity contribution in [2.75, 3.05) is 14.1 Å². The number of nitriles is 1. The van der Waals surface area contributed by atoms with Crippen LogP contribution in [0.5, 0.6) is 0 Å². The van der Waals surface area contributed by atoms with E-state index >= 15 is 0 Å². The van der Waals surface area contributed by atoms with Gasteiger partial charge in [-0.15, -0.1) is 0 Å². The van der Waals surface area contributed by atoms with Gasteiger partial charge in [0.2, 0.25) is 0 Å². The van der Waals surface area contributed by atoms with Crippen molar-refractivity contribution >= 4 is 0 Å². The molecule has 0 saturated heterocycles. The van der Waals surface area contributed by atoms with Crippen LogP contribution in [0, 0.1) is 11.3 Å². The Balaban J connectivity index is 2.60. The van der Waals surface area contributed by atoms with Crippen LogP contribution in [0.25, 0.3) is 0 Å². The van der Waals surface area contributed by atoms with Crippen LogP contribution in [0.4, 0.5) is 0 Å². The summed E-state index contributed by atoms with van der Waals surface area (Å²) in [7, 11) is 4.13. The summed E-state index contributed by atoms with van der Waals surface area (Å²) in [6, 6.07) is 2.73. The Hall–Kier alpha value is -0.630. The predicted molar refractivity (Wildman–Crippen MR) is 56.2 cm³/mol. The van der Waals surface area contributed by atoms with E-state index in [1.54, 1.807) is 0 Å². The number of nitrogens with zero attached hydrogens (tertiary/aromatic N) is 2. The molecule has 0 aromatic heterocycles. The van der Waals surface area contributed by atoms with Crippen LogP contribution < -0.4 is 11.3 Å². The molecule has 1 saturated carbocycles. The molecule has 0 radical (unpaired) electrons. The van der Waals surface area contributed by atoms with Crippen LogP contribution in [-0.4, -0.2) is 30.6 Å². The topological polar surface area (TPSA) is 65.1 Å². The monoisotopic (exact) mass is 196 g/mol. The molecule has 4 heteroatoms. The second-order valence-electron chi connectivity index (χ2n) is 4.39. The Morgan fingerprint density at radius 2 is 2.07 bits per heavy atom. The number of hydrogen-bond donors (Lipinski definition) is 2. The number of hydrogen-bond acceptors (Lipinski definition) is 4. The number of nitrogens with two attached hydrogens (primary N) is 1. The molecule has 1 fully saturated rings. The first-order chi connectivity index (χ1) is 6.64. The minimum absolute atomic E-state index is 0.0854. The molecule has 0 unspecified atom stereocenters. The molecule has 0 aromatic carbocycles. The number of nitrogens with one attached hydrogen (secondary N) is 1. The molecule has 0 amide bonds. The lowest BCUT2D eigenvalue weighted by Gasteiger charge is -2.43. The van der Waals surface area contributed by atoms with Crippen molar-refractivity contribution in [1.29, 1.82) is 5.26 Å². The van der Waals surface area contributed by atoms with E-state index in [-0.39, 0.29) is 5.54 Å². The smallest absolute Gasteiger partial charge is 0.0641 e. The first kappa shape index (κ1) is 11.4. The molecule has 1 aliphatic rings. The Bertz CT molecular complexity index is 211. The number of rotatable bonds is 3. The standard InChI is InChI=1S/C10H20N4/c1-14(2)10(7-8-11)5-3-9(13-12)4-6-10/h9,13H,3-7,12H2,1-2H3. The van der Waals surface area contributed by atoms with Crippen molar-refractivity contribution < 1.29 is 0 Å². The Morgan fingerprint density at radius 3 is 2.43 bits per heavy atom. The third kappa shape index (κ3) is 2.24. The quantitative estimate of drug-likeness (QED) is 0.512. The van der Waals surface area contributed by atoms with Crippen LogP contribution >= 0.6 is 0 Å². The fraction of sp³-hybridized carbons (Fsp3) is 0.900. The summed E-state index contributed by atoms with van der Waals surface area (Å²) >= 11 is 0. The van der Waals surface area contributed by atoms with Crippen LogP contribution in [0.2, 0.25) is 0 Å². The summed E-state index contributed by atoms with van der Waals surface area (Å²) in [6.45, 7) is 0. The van der Waals surface area contributed by atoms with Gasteiger partial charge in [0, 0.05) is 11.6 Å². The van der Waals surface area contributed by atoms with E-state index in [0.29, 0.717) is 12.5 Å². The van der Waals surface area contributed by atoms with E-state index in [4.69, 9.17) is 11.1 Å². The van der Waals surface area contributed by atoms with E-state index in [9.17, 15) is 0 Å². The summed E-state index contributed by atoms with van der Waals surface area (Å²) in [5.74, 6) is 5.41. The van der Waals surface area contributed by atoms with Gasteiger partial charge in [-0.3, -0.25) is 11.3 Å². The normalized spacial score (nSPS) is 32.9. The van der Waals surface area contributed by atoms with E-state index in [0.717, 1.165) is 25.7 Å². The Kier molecular flexibility index (Phi) is 3.87. The van der Waals surface area contributed by atoms with Crippen molar-refractivity contribution in [3.63, 3.8) is 0 Å². The van der Waals surface area contributed by atoms with E-state index in [1.807, 2.05) is 0 Å². The summed E-state index contributed by atoms with van der Waals surface area (Å²) in [6.07, 6.45) is 4.87. The van der Waals surface area contributed by atoms with Gasteiger partial charge in [-0.25, -0.2) is 0 Å². The van der Waals surface area contributed by atoms with Gasteiger partial charge in [0.05, 0.1) is 12.5 Å². The fourth-order valence-corrected chi connectivity index (χ4v) is 2.25. The second-order valence-corrected chi connectivity index (χ2v) is 4.39. The minimum Gasteiger partial charge on any atom is -0.303 e. The van der Waals surface area contributed by atoms with Crippen LogP contribution in [-0.2, 0) is 0 Å². The molecule has 0 atom stereocenters. The van der Waals surface area contributed by atoms with E-state index in [1.165, 1.54) is 0 Å². The van der Waals surface area contributed by atoms with Crippen molar-refractivity contribution in [2.24, 2.45) is 5.84 Å². The maximum Gasteiger partial charge on any atom is 0.0641 e. The first-order valence-electron chi connectivity index (χ1n) is 5.15. The average Bonchev–Trinajstić information content (AvgIpc) is 2.19. The van der Waals surface area contributed by atoms with Crippen molar-refractivity contribution in [3.8, 4) is 6.07 Å². The van der Waals surface area contributed by atoms with Crippen molar-refractivity contribution in [1.82, 2.24) is 10.3 Å². The minimum atomic E-state index is 0.0854. The summed E-state index contributed by atoms with van der Waals surface area (Å²) in [5, 5.41) is 8.84. The predicted octanol–water partition coefficient (Wildman–Crippen LogP) is 0.606. The SMILES string of the molecule is CN(C)C1(CC#N)CCC(NN)CC1. The molecular formula is C10H20N4. The number of hydrazine groups is 1. The van der Waals surface area contributed by atoms with Gasteiger partial charge in [0.15, 0.2) is 0 Å². The molecule has 1 aliphatic carbocycles. The lowest BCUT2D eigenvalue weighted by molar-refractivity contribution is 0.0918. The van der Waals surface area contributed by atoms with Crippen LogP contribution in [0.1, 0.15) is 32.1 Å². The highest BCUT2D eigenvalue weighted by molar-refractivity contribution is 4.99. The highest BCUT2D eigenvalue weighted by Crippen LogP contribution is 2.34.